The Labute approximate surface area is 101 Å². The summed E-state index contributed by atoms with van der Waals surface area (Å²) in [5, 5.41) is 5.78. The molecule has 0 saturated heterocycles. The van der Waals surface area contributed by atoms with Gasteiger partial charge in [-0.3, -0.25) is 9.59 Å². The van der Waals surface area contributed by atoms with E-state index in [2.05, 4.69) is 15.6 Å². The van der Waals surface area contributed by atoms with E-state index in [1.807, 2.05) is 14.0 Å². The number of carbonyl (C=O) groups is 1. The fraction of sp³-hybridized carbons (Fsp3) is 0.500. The number of nitrogens with one attached hydrogen (secondary N) is 3. The van der Waals surface area contributed by atoms with Gasteiger partial charge in [0.25, 0.3) is 5.91 Å². The standard InChI is InChI=1S/C12H19N3O2/c1-8(5-13-3)6-15-12(17)10-7-14-9(2)4-11(10)16/h4,7-8,13H,5-6H2,1-3H3,(H,14,16)(H,15,17). The van der Waals surface area contributed by atoms with Crippen LogP contribution in [0.3, 0.4) is 0 Å². The van der Waals surface area contributed by atoms with E-state index in [1.54, 1.807) is 6.92 Å². The maximum atomic E-state index is 11.7. The SMILES string of the molecule is CNCC(C)CNC(=O)c1c[nH]c(C)cc1=O. The lowest BCUT2D eigenvalue weighted by atomic mass is 10.1. The molecule has 5 nitrogen and oxygen atoms in total. The Morgan fingerprint density at radius 3 is 2.76 bits per heavy atom. The Bertz CT molecular complexity index is 440. The first-order valence-electron chi connectivity index (χ1n) is 5.66. The summed E-state index contributed by atoms with van der Waals surface area (Å²) in [5.41, 5.74) is 0.655. The molecule has 1 aromatic heterocycles. The first kappa shape index (κ1) is 13.4. The first-order chi connectivity index (χ1) is 8.04. The minimum atomic E-state index is -0.325. The van der Waals surface area contributed by atoms with Crippen LogP contribution in [-0.4, -0.2) is 31.0 Å². The highest BCUT2D eigenvalue weighted by atomic mass is 16.2. The Hall–Kier alpha value is -1.62. The van der Waals surface area contributed by atoms with Crippen molar-refractivity contribution in [3.05, 3.63) is 33.7 Å². The monoisotopic (exact) mass is 237 g/mol. The second-order valence-electron chi connectivity index (χ2n) is 4.27. The average Bonchev–Trinajstić information content (AvgIpc) is 2.26. The summed E-state index contributed by atoms with van der Waals surface area (Å²) in [6, 6.07) is 1.42. The van der Waals surface area contributed by atoms with Gasteiger partial charge in [0.1, 0.15) is 5.56 Å². The molecule has 0 saturated carbocycles. The summed E-state index contributed by atoms with van der Waals surface area (Å²) in [6.07, 6.45) is 1.45. The van der Waals surface area contributed by atoms with Crippen LogP contribution < -0.4 is 16.1 Å². The van der Waals surface area contributed by atoms with Gasteiger partial charge in [0.05, 0.1) is 0 Å². The number of amides is 1. The van der Waals surface area contributed by atoms with Gasteiger partial charge in [-0.05, 0) is 26.4 Å². The van der Waals surface area contributed by atoms with Gasteiger partial charge in [-0.2, -0.15) is 0 Å². The van der Waals surface area contributed by atoms with E-state index in [0.717, 1.165) is 12.2 Å². The van der Waals surface area contributed by atoms with Crippen molar-refractivity contribution in [2.45, 2.75) is 13.8 Å². The van der Waals surface area contributed by atoms with E-state index in [0.29, 0.717) is 12.5 Å². The molecular weight excluding hydrogens is 218 g/mol. The average molecular weight is 237 g/mol. The van der Waals surface area contributed by atoms with E-state index in [-0.39, 0.29) is 16.9 Å². The molecule has 1 atom stereocenters. The van der Waals surface area contributed by atoms with E-state index in [9.17, 15) is 9.59 Å². The van der Waals surface area contributed by atoms with Crippen LogP contribution in [0.5, 0.6) is 0 Å². The van der Waals surface area contributed by atoms with Crippen molar-refractivity contribution < 1.29 is 4.79 Å². The smallest absolute Gasteiger partial charge is 0.256 e. The van der Waals surface area contributed by atoms with E-state index < -0.39 is 0 Å². The van der Waals surface area contributed by atoms with Crippen LogP contribution in [0.2, 0.25) is 0 Å². The largest absolute Gasteiger partial charge is 0.364 e. The maximum absolute atomic E-state index is 11.7. The molecule has 0 aliphatic rings. The van der Waals surface area contributed by atoms with Crippen LogP contribution >= 0.6 is 0 Å². The summed E-state index contributed by atoms with van der Waals surface area (Å²) in [4.78, 5) is 26.2. The normalized spacial score (nSPS) is 12.2. The van der Waals surface area contributed by atoms with Gasteiger partial charge in [0, 0.05) is 24.5 Å². The third kappa shape index (κ3) is 4.03. The number of hydrogen-bond acceptors (Lipinski definition) is 3. The first-order valence-corrected chi connectivity index (χ1v) is 5.66. The van der Waals surface area contributed by atoms with Gasteiger partial charge >= 0.3 is 0 Å². The van der Waals surface area contributed by atoms with E-state index in [4.69, 9.17) is 0 Å². The molecule has 1 aromatic rings. The fourth-order valence-corrected chi connectivity index (χ4v) is 1.53. The zero-order valence-corrected chi connectivity index (χ0v) is 10.5. The van der Waals surface area contributed by atoms with Gasteiger partial charge in [0.15, 0.2) is 5.43 Å². The topological polar surface area (TPSA) is 74.0 Å². The molecule has 1 amide bonds. The Balaban J connectivity index is 2.61. The summed E-state index contributed by atoms with van der Waals surface area (Å²) in [5.74, 6) is 0.00248. The van der Waals surface area contributed by atoms with Crippen LogP contribution in [0.15, 0.2) is 17.1 Å². The van der Waals surface area contributed by atoms with Crippen molar-refractivity contribution >= 4 is 5.91 Å². The number of aromatic nitrogens is 1. The maximum Gasteiger partial charge on any atom is 0.256 e. The van der Waals surface area contributed by atoms with Gasteiger partial charge in [-0.1, -0.05) is 6.92 Å². The summed E-state index contributed by atoms with van der Waals surface area (Å²) < 4.78 is 0. The highest BCUT2D eigenvalue weighted by Crippen LogP contribution is 1.94. The van der Waals surface area contributed by atoms with Crippen molar-refractivity contribution in [3.63, 3.8) is 0 Å². The van der Waals surface area contributed by atoms with E-state index >= 15 is 0 Å². The predicted octanol–water partition coefficient (Wildman–Crippen LogP) is 0.269. The molecule has 0 bridgehead atoms. The highest BCUT2D eigenvalue weighted by Gasteiger charge is 2.10. The van der Waals surface area contributed by atoms with Crippen LogP contribution in [-0.2, 0) is 0 Å². The number of hydrogen-bond donors (Lipinski definition) is 3. The number of aryl methyl sites for hydroxylation is 1. The number of pyridine rings is 1. The summed E-state index contributed by atoms with van der Waals surface area (Å²) in [7, 11) is 1.86. The number of aromatic amines is 1. The Morgan fingerprint density at radius 2 is 2.18 bits per heavy atom. The fourth-order valence-electron chi connectivity index (χ4n) is 1.53. The zero-order valence-electron chi connectivity index (χ0n) is 10.5. The van der Waals surface area contributed by atoms with Crippen molar-refractivity contribution in [2.75, 3.05) is 20.1 Å². The van der Waals surface area contributed by atoms with Gasteiger partial charge < -0.3 is 15.6 Å². The molecule has 0 aliphatic carbocycles. The predicted molar refractivity (Wildman–Crippen MR) is 67.2 cm³/mol. The molecule has 0 radical (unpaired) electrons. The zero-order chi connectivity index (χ0) is 12.8. The summed E-state index contributed by atoms with van der Waals surface area (Å²) >= 11 is 0. The molecular formula is C12H19N3O2. The quantitative estimate of drug-likeness (QED) is 0.688. The number of H-pyrrole nitrogens is 1. The van der Waals surface area contributed by atoms with Crippen LogP contribution in [0.1, 0.15) is 23.0 Å². The van der Waals surface area contributed by atoms with Gasteiger partial charge in [0.2, 0.25) is 0 Å². The van der Waals surface area contributed by atoms with Gasteiger partial charge in [-0.25, -0.2) is 0 Å². The lowest BCUT2D eigenvalue weighted by Crippen LogP contribution is -2.34. The lowest BCUT2D eigenvalue weighted by molar-refractivity contribution is 0.0946. The molecule has 0 fully saturated rings. The molecule has 94 valence electrons. The Kier molecular flexibility index (Phi) is 4.90. The molecule has 1 heterocycles. The molecule has 0 aromatic carbocycles. The van der Waals surface area contributed by atoms with Crippen molar-refractivity contribution in [3.8, 4) is 0 Å². The minimum absolute atomic E-state index is 0.159. The molecule has 3 N–H and O–H groups in total. The molecule has 17 heavy (non-hydrogen) atoms. The van der Waals surface area contributed by atoms with Crippen LogP contribution in [0.4, 0.5) is 0 Å². The van der Waals surface area contributed by atoms with Gasteiger partial charge in [-0.15, -0.1) is 0 Å². The third-order valence-electron chi connectivity index (χ3n) is 2.47. The lowest BCUT2D eigenvalue weighted by Gasteiger charge is -2.11. The van der Waals surface area contributed by atoms with Crippen LogP contribution in [0, 0.1) is 12.8 Å². The minimum Gasteiger partial charge on any atom is -0.364 e. The van der Waals surface area contributed by atoms with Crippen molar-refractivity contribution in [1.29, 1.82) is 0 Å². The van der Waals surface area contributed by atoms with Crippen LogP contribution in [0.25, 0.3) is 0 Å². The molecule has 0 aliphatic heterocycles. The molecule has 1 unspecified atom stereocenters. The molecule has 5 heteroatoms. The van der Waals surface area contributed by atoms with Crippen molar-refractivity contribution in [2.24, 2.45) is 5.92 Å². The van der Waals surface area contributed by atoms with E-state index in [1.165, 1.54) is 12.3 Å². The molecule has 1 rings (SSSR count). The molecule has 0 spiro atoms. The number of rotatable bonds is 5. The Morgan fingerprint density at radius 1 is 1.47 bits per heavy atom. The van der Waals surface area contributed by atoms with Crippen molar-refractivity contribution in [1.82, 2.24) is 15.6 Å². The highest BCUT2D eigenvalue weighted by molar-refractivity contribution is 5.93. The summed E-state index contributed by atoms with van der Waals surface area (Å²) in [6.45, 7) is 5.17. The number of carbonyl (C=O) groups excluding carboxylic acids is 1. The third-order valence-corrected chi connectivity index (χ3v) is 2.47. The second kappa shape index (κ2) is 6.20. The second-order valence-corrected chi connectivity index (χ2v) is 4.27.